The molecule has 0 atom stereocenters. The van der Waals surface area contributed by atoms with Gasteiger partial charge in [-0.05, 0) is 32.9 Å². The predicted molar refractivity (Wildman–Crippen MR) is 71.5 cm³/mol. The minimum Gasteiger partial charge on any atom is -0.389 e. The van der Waals surface area contributed by atoms with Crippen LogP contribution in [0.3, 0.4) is 0 Å². The minimum atomic E-state index is 0.381. The maximum absolute atomic E-state index is 5.65. The first-order valence-corrected chi connectivity index (χ1v) is 5.69. The van der Waals surface area contributed by atoms with Gasteiger partial charge in [0.05, 0.1) is 5.69 Å². The lowest BCUT2D eigenvalue weighted by molar-refractivity contribution is 0.937. The first-order valence-electron chi connectivity index (χ1n) is 5.28. The molecule has 0 saturated carbocycles. The van der Waals surface area contributed by atoms with Gasteiger partial charge in [-0.25, -0.2) is 9.97 Å². The second-order valence-electron chi connectivity index (χ2n) is 4.01. The molecule has 0 aliphatic carbocycles. The first-order chi connectivity index (χ1) is 7.99. The van der Waals surface area contributed by atoms with Gasteiger partial charge in [0.1, 0.15) is 17.1 Å². The van der Waals surface area contributed by atoms with E-state index in [1.807, 2.05) is 37.5 Å². The molecule has 0 saturated heterocycles. The summed E-state index contributed by atoms with van der Waals surface area (Å²) in [6.45, 7) is 5.90. The molecule has 2 heterocycles. The largest absolute Gasteiger partial charge is 0.389 e. The van der Waals surface area contributed by atoms with Crippen molar-refractivity contribution in [3.8, 4) is 5.82 Å². The number of rotatable bonds is 2. The molecule has 2 aromatic heterocycles. The quantitative estimate of drug-likeness (QED) is 0.821. The van der Waals surface area contributed by atoms with Crippen LogP contribution in [0.25, 0.3) is 5.82 Å². The van der Waals surface area contributed by atoms with E-state index in [9.17, 15) is 0 Å². The smallest absolute Gasteiger partial charge is 0.139 e. The number of aryl methyl sites for hydroxylation is 2. The molecule has 0 fully saturated rings. The van der Waals surface area contributed by atoms with E-state index in [4.69, 9.17) is 18.0 Å². The Kier molecular flexibility index (Phi) is 2.93. The first kappa shape index (κ1) is 11.7. The van der Waals surface area contributed by atoms with Crippen molar-refractivity contribution in [2.24, 2.45) is 5.73 Å². The van der Waals surface area contributed by atoms with Crippen molar-refractivity contribution in [2.75, 3.05) is 0 Å². The van der Waals surface area contributed by atoms with E-state index in [1.54, 1.807) is 6.33 Å². The van der Waals surface area contributed by atoms with Crippen molar-refractivity contribution in [1.29, 1.82) is 0 Å². The highest BCUT2D eigenvalue weighted by Gasteiger charge is 2.08. The van der Waals surface area contributed by atoms with Crippen LogP contribution in [-0.4, -0.2) is 19.5 Å². The van der Waals surface area contributed by atoms with Crippen LogP contribution in [0.15, 0.2) is 18.5 Å². The third-order valence-corrected chi connectivity index (χ3v) is 2.96. The van der Waals surface area contributed by atoms with Gasteiger partial charge < -0.3 is 5.73 Å². The summed E-state index contributed by atoms with van der Waals surface area (Å²) < 4.78 is 1.93. The summed E-state index contributed by atoms with van der Waals surface area (Å²) in [4.78, 5) is 9.10. The van der Waals surface area contributed by atoms with Gasteiger partial charge in [0, 0.05) is 17.0 Å². The van der Waals surface area contributed by atoms with Gasteiger partial charge in [0.15, 0.2) is 0 Å². The van der Waals surface area contributed by atoms with E-state index < -0.39 is 0 Å². The van der Waals surface area contributed by atoms with Crippen LogP contribution >= 0.6 is 12.2 Å². The number of hydrogen-bond donors (Lipinski definition) is 1. The summed E-state index contributed by atoms with van der Waals surface area (Å²) in [5.41, 5.74) is 9.42. The van der Waals surface area contributed by atoms with Crippen LogP contribution in [0.5, 0.6) is 0 Å². The molecule has 0 bridgehead atoms. The van der Waals surface area contributed by atoms with Crippen molar-refractivity contribution in [3.05, 3.63) is 41.1 Å². The van der Waals surface area contributed by atoms with Crippen molar-refractivity contribution < 1.29 is 0 Å². The number of aromatic nitrogens is 3. The van der Waals surface area contributed by atoms with Crippen LogP contribution in [-0.2, 0) is 0 Å². The van der Waals surface area contributed by atoms with Crippen LogP contribution in [0.2, 0.25) is 0 Å². The topological polar surface area (TPSA) is 56.7 Å². The average molecular weight is 246 g/mol. The summed E-state index contributed by atoms with van der Waals surface area (Å²) in [5, 5.41) is 0. The van der Waals surface area contributed by atoms with Crippen molar-refractivity contribution in [2.45, 2.75) is 20.8 Å². The van der Waals surface area contributed by atoms with Gasteiger partial charge in [-0.1, -0.05) is 12.2 Å². The van der Waals surface area contributed by atoms with Gasteiger partial charge in [-0.15, -0.1) is 0 Å². The molecule has 2 N–H and O–H groups in total. The Morgan fingerprint density at radius 2 is 2.00 bits per heavy atom. The minimum absolute atomic E-state index is 0.381. The van der Waals surface area contributed by atoms with Crippen molar-refractivity contribution in [1.82, 2.24) is 14.5 Å². The van der Waals surface area contributed by atoms with Gasteiger partial charge in [0.2, 0.25) is 0 Å². The van der Waals surface area contributed by atoms with Gasteiger partial charge >= 0.3 is 0 Å². The maximum atomic E-state index is 5.65. The molecule has 2 rings (SSSR count). The summed E-state index contributed by atoms with van der Waals surface area (Å²) in [7, 11) is 0. The summed E-state index contributed by atoms with van der Waals surface area (Å²) >= 11 is 4.99. The zero-order chi connectivity index (χ0) is 12.6. The van der Waals surface area contributed by atoms with Crippen LogP contribution in [0.1, 0.15) is 22.6 Å². The fraction of sp³-hybridized carbons (Fsp3) is 0.250. The third kappa shape index (κ3) is 2.19. The Labute approximate surface area is 106 Å². The number of imidazole rings is 1. The van der Waals surface area contributed by atoms with E-state index in [0.29, 0.717) is 4.99 Å². The molecule has 0 amide bonds. The highest BCUT2D eigenvalue weighted by Crippen LogP contribution is 2.14. The Bertz CT molecular complexity index is 586. The molecular weight excluding hydrogens is 232 g/mol. The molecule has 5 heteroatoms. The molecule has 0 aliphatic rings. The number of pyridine rings is 1. The Morgan fingerprint density at radius 1 is 1.29 bits per heavy atom. The SMILES string of the molecule is Cc1cc(C(N)=S)cc(-n2cnc(C)c2C)n1. The third-order valence-electron chi connectivity index (χ3n) is 2.72. The molecule has 0 radical (unpaired) electrons. The highest BCUT2D eigenvalue weighted by atomic mass is 32.1. The van der Waals surface area contributed by atoms with Gasteiger partial charge in [0.25, 0.3) is 0 Å². The number of nitrogens with zero attached hydrogens (tertiary/aromatic N) is 3. The van der Waals surface area contributed by atoms with E-state index in [-0.39, 0.29) is 0 Å². The standard InChI is InChI=1S/C12H14N4S/c1-7-4-10(12(13)17)5-11(15-7)16-6-14-8(2)9(16)3/h4-6H,1-3H3,(H2,13,17). The number of nitrogens with two attached hydrogens (primary N) is 1. The van der Waals surface area contributed by atoms with Crippen molar-refractivity contribution >= 4 is 17.2 Å². The molecule has 0 unspecified atom stereocenters. The molecule has 0 aliphatic heterocycles. The predicted octanol–water partition coefficient (Wildman–Crippen LogP) is 1.83. The summed E-state index contributed by atoms with van der Waals surface area (Å²) in [6.07, 6.45) is 1.76. The zero-order valence-electron chi connectivity index (χ0n) is 10.1. The normalized spacial score (nSPS) is 10.5. The zero-order valence-corrected chi connectivity index (χ0v) is 10.9. The second kappa shape index (κ2) is 4.25. The van der Waals surface area contributed by atoms with E-state index in [1.165, 1.54) is 0 Å². The van der Waals surface area contributed by atoms with Crippen LogP contribution < -0.4 is 5.73 Å². The lowest BCUT2D eigenvalue weighted by Crippen LogP contribution is -2.11. The Balaban J connectivity index is 2.60. The van der Waals surface area contributed by atoms with Crippen molar-refractivity contribution in [3.63, 3.8) is 0 Å². The molecule has 0 spiro atoms. The Morgan fingerprint density at radius 3 is 2.53 bits per heavy atom. The summed E-state index contributed by atoms with van der Waals surface area (Å²) in [5.74, 6) is 0.797. The monoisotopic (exact) mass is 246 g/mol. The van der Waals surface area contributed by atoms with E-state index in [0.717, 1.165) is 28.5 Å². The van der Waals surface area contributed by atoms with Crippen LogP contribution in [0, 0.1) is 20.8 Å². The lowest BCUT2D eigenvalue weighted by Gasteiger charge is -2.08. The second-order valence-corrected chi connectivity index (χ2v) is 4.44. The van der Waals surface area contributed by atoms with Crippen LogP contribution in [0.4, 0.5) is 0 Å². The molecule has 17 heavy (non-hydrogen) atoms. The Hall–Kier alpha value is -1.75. The number of thiocarbonyl (C=S) groups is 1. The summed E-state index contributed by atoms with van der Waals surface area (Å²) in [6, 6.07) is 3.76. The maximum Gasteiger partial charge on any atom is 0.139 e. The van der Waals surface area contributed by atoms with Gasteiger partial charge in [-0.2, -0.15) is 0 Å². The number of hydrogen-bond acceptors (Lipinski definition) is 3. The van der Waals surface area contributed by atoms with E-state index in [2.05, 4.69) is 9.97 Å². The highest BCUT2D eigenvalue weighted by molar-refractivity contribution is 7.80. The van der Waals surface area contributed by atoms with E-state index >= 15 is 0 Å². The molecule has 2 aromatic rings. The molecule has 4 nitrogen and oxygen atoms in total. The molecule has 88 valence electrons. The fourth-order valence-electron chi connectivity index (χ4n) is 1.65. The molecule has 0 aromatic carbocycles. The van der Waals surface area contributed by atoms with Gasteiger partial charge in [-0.3, -0.25) is 4.57 Å². The average Bonchev–Trinajstić information content (AvgIpc) is 2.59. The molecular formula is C12H14N4S. The fourth-order valence-corrected chi connectivity index (χ4v) is 1.76. The lowest BCUT2D eigenvalue weighted by atomic mass is 10.2.